The predicted molar refractivity (Wildman–Crippen MR) is 70.0 cm³/mol. The molecule has 0 aliphatic heterocycles. The highest BCUT2D eigenvalue weighted by Gasteiger charge is 2.08. The summed E-state index contributed by atoms with van der Waals surface area (Å²) in [6.07, 6.45) is 5.92. The van der Waals surface area contributed by atoms with E-state index < -0.39 is 5.95 Å². The Morgan fingerprint density at radius 2 is 2.05 bits per heavy atom. The summed E-state index contributed by atoms with van der Waals surface area (Å²) in [6.45, 7) is -0.0102. The second kappa shape index (κ2) is 5.49. The molecule has 106 valence electrons. The van der Waals surface area contributed by atoms with E-state index in [2.05, 4.69) is 25.6 Å². The zero-order valence-corrected chi connectivity index (χ0v) is 10.7. The van der Waals surface area contributed by atoms with E-state index in [1.165, 1.54) is 34.1 Å². The zero-order chi connectivity index (χ0) is 14.7. The van der Waals surface area contributed by atoms with E-state index in [1.807, 2.05) is 0 Å². The molecule has 0 saturated heterocycles. The highest BCUT2D eigenvalue weighted by molar-refractivity contribution is 5.89. The summed E-state index contributed by atoms with van der Waals surface area (Å²) < 4.78 is 14.5. The van der Waals surface area contributed by atoms with Crippen molar-refractivity contribution in [3.63, 3.8) is 0 Å². The van der Waals surface area contributed by atoms with Gasteiger partial charge in [0.05, 0.1) is 18.1 Å². The maximum absolute atomic E-state index is 13.0. The minimum atomic E-state index is -0.599. The number of carbonyl (C=O) groups is 1. The normalized spacial score (nSPS) is 10.5. The van der Waals surface area contributed by atoms with Crippen molar-refractivity contribution in [1.29, 1.82) is 0 Å². The second-order valence-electron chi connectivity index (χ2n) is 4.09. The zero-order valence-electron chi connectivity index (χ0n) is 10.7. The lowest BCUT2D eigenvalue weighted by molar-refractivity contribution is -0.117. The van der Waals surface area contributed by atoms with Gasteiger partial charge < -0.3 is 5.32 Å². The summed E-state index contributed by atoms with van der Waals surface area (Å²) in [7, 11) is 0. The molecular formula is C12H10FN7O. The van der Waals surface area contributed by atoms with E-state index in [0.717, 1.165) is 0 Å². The Kier molecular flexibility index (Phi) is 3.37. The number of hydrogen-bond donors (Lipinski definition) is 1. The van der Waals surface area contributed by atoms with Gasteiger partial charge in [-0.15, -0.1) is 0 Å². The Hall–Kier alpha value is -3.10. The van der Waals surface area contributed by atoms with Crippen LogP contribution in [0, 0.1) is 5.95 Å². The molecule has 3 heterocycles. The molecule has 0 spiro atoms. The van der Waals surface area contributed by atoms with Crippen LogP contribution in [0.25, 0.3) is 5.69 Å². The van der Waals surface area contributed by atoms with Crippen LogP contribution in [0.15, 0.2) is 43.0 Å². The maximum Gasteiger partial charge on any atom is 0.249 e. The quantitative estimate of drug-likeness (QED) is 0.711. The van der Waals surface area contributed by atoms with Crippen molar-refractivity contribution >= 4 is 11.7 Å². The molecule has 3 rings (SSSR count). The fourth-order valence-electron chi connectivity index (χ4n) is 1.70. The third-order valence-electron chi connectivity index (χ3n) is 2.58. The first-order valence-corrected chi connectivity index (χ1v) is 6.02. The first-order valence-electron chi connectivity index (χ1n) is 6.02. The number of rotatable bonds is 4. The average Bonchev–Trinajstić information content (AvgIpc) is 3.10. The van der Waals surface area contributed by atoms with Crippen LogP contribution < -0.4 is 5.32 Å². The van der Waals surface area contributed by atoms with Gasteiger partial charge in [0, 0.05) is 24.5 Å². The molecule has 0 bridgehead atoms. The lowest BCUT2D eigenvalue weighted by atomic mass is 10.4. The van der Waals surface area contributed by atoms with Gasteiger partial charge in [-0.25, -0.2) is 9.67 Å². The molecule has 0 aliphatic rings. The molecular weight excluding hydrogens is 277 g/mol. The van der Waals surface area contributed by atoms with E-state index in [0.29, 0.717) is 11.5 Å². The summed E-state index contributed by atoms with van der Waals surface area (Å²) in [5.74, 6) is -0.555. The van der Waals surface area contributed by atoms with Crippen LogP contribution in [0.2, 0.25) is 0 Å². The number of nitrogens with one attached hydrogen (secondary N) is 1. The van der Waals surface area contributed by atoms with E-state index in [4.69, 9.17) is 0 Å². The molecule has 9 heteroatoms. The molecule has 0 fully saturated rings. The Morgan fingerprint density at radius 1 is 1.24 bits per heavy atom. The molecule has 21 heavy (non-hydrogen) atoms. The SMILES string of the molecule is O=C(Cn1nccn1)Nc1ccn(-c2ccnc(F)c2)n1. The maximum atomic E-state index is 13.0. The van der Waals surface area contributed by atoms with Crippen molar-refractivity contribution in [2.24, 2.45) is 0 Å². The van der Waals surface area contributed by atoms with E-state index >= 15 is 0 Å². The topological polar surface area (TPSA) is 90.5 Å². The number of carbonyl (C=O) groups excluding carboxylic acids is 1. The fraction of sp³-hybridized carbons (Fsp3) is 0.0833. The number of nitrogens with zero attached hydrogens (tertiary/aromatic N) is 6. The number of hydrogen-bond acceptors (Lipinski definition) is 5. The molecule has 3 aromatic heterocycles. The molecule has 0 aromatic carbocycles. The van der Waals surface area contributed by atoms with Crippen LogP contribution in [0.4, 0.5) is 10.2 Å². The van der Waals surface area contributed by atoms with Crippen molar-refractivity contribution < 1.29 is 9.18 Å². The molecule has 0 saturated carbocycles. The number of pyridine rings is 1. The largest absolute Gasteiger partial charge is 0.308 e. The predicted octanol–water partition coefficient (Wildman–Crippen LogP) is 0.637. The van der Waals surface area contributed by atoms with Crippen LogP contribution in [0.1, 0.15) is 0 Å². The number of amides is 1. The molecule has 1 amide bonds. The van der Waals surface area contributed by atoms with Gasteiger partial charge >= 0.3 is 0 Å². The first-order chi connectivity index (χ1) is 10.2. The van der Waals surface area contributed by atoms with E-state index in [1.54, 1.807) is 18.3 Å². The number of anilines is 1. The standard InChI is InChI=1S/C12H10FN7O/c13-10-7-9(1-3-14-10)19-6-2-11(18-19)17-12(21)8-20-15-4-5-16-20/h1-7H,8H2,(H,17,18,21). The highest BCUT2D eigenvalue weighted by Crippen LogP contribution is 2.10. The van der Waals surface area contributed by atoms with Crippen molar-refractivity contribution in [1.82, 2.24) is 29.8 Å². The van der Waals surface area contributed by atoms with Crippen LogP contribution >= 0.6 is 0 Å². The Morgan fingerprint density at radius 3 is 2.81 bits per heavy atom. The molecule has 0 radical (unpaired) electrons. The third kappa shape index (κ3) is 3.08. The van der Waals surface area contributed by atoms with Crippen molar-refractivity contribution in [3.05, 3.63) is 48.9 Å². The van der Waals surface area contributed by atoms with Gasteiger partial charge in [-0.1, -0.05) is 0 Å². The molecule has 0 aliphatic carbocycles. The highest BCUT2D eigenvalue weighted by atomic mass is 19.1. The van der Waals surface area contributed by atoms with Crippen molar-refractivity contribution in [3.8, 4) is 5.69 Å². The second-order valence-corrected chi connectivity index (χ2v) is 4.09. The van der Waals surface area contributed by atoms with Crippen molar-refractivity contribution in [2.45, 2.75) is 6.54 Å². The summed E-state index contributed by atoms with van der Waals surface area (Å²) in [5, 5.41) is 14.4. The molecule has 0 atom stereocenters. The first kappa shape index (κ1) is 12.9. The number of halogens is 1. The lowest BCUT2D eigenvalue weighted by Gasteiger charge is -2.02. The Balaban J connectivity index is 1.69. The van der Waals surface area contributed by atoms with Gasteiger partial charge in [-0.3, -0.25) is 4.79 Å². The van der Waals surface area contributed by atoms with Gasteiger partial charge in [-0.2, -0.15) is 24.5 Å². The molecule has 3 aromatic rings. The molecule has 0 unspecified atom stereocenters. The van der Waals surface area contributed by atoms with Gasteiger partial charge in [-0.05, 0) is 6.07 Å². The Labute approximate surface area is 118 Å². The smallest absolute Gasteiger partial charge is 0.249 e. The summed E-state index contributed by atoms with van der Waals surface area (Å²) in [5.41, 5.74) is 0.511. The average molecular weight is 287 g/mol. The van der Waals surface area contributed by atoms with Gasteiger partial charge in [0.2, 0.25) is 11.9 Å². The number of aromatic nitrogens is 6. The molecule has 1 N–H and O–H groups in total. The van der Waals surface area contributed by atoms with Crippen LogP contribution in [0.5, 0.6) is 0 Å². The summed E-state index contributed by atoms with van der Waals surface area (Å²) in [4.78, 5) is 16.5. The van der Waals surface area contributed by atoms with Gasteiger partial charge in [0.15, 0.2) is 5.82 Å². The van der Waals surface area contributed by atoms with E-state index in [-0.39, 0.29) is 12.5 Å². The van der Waals surface area contributed by atoms with Crippen LogP contribution in [-0.2, 0) is 11.3 Å². The third-order valence-corrected chi connectivity index (χ3v) is 2.58. The molecule has 8 nitrogen and oxygen atoms in total. The van der Waals surface area contributed by atoms with Crippen LogP contribution in [0.3, 0.4) is 0 Å². The van der Waals surface area contributed by atoms with Gasteiger partial charge in [0.1, 0.15) is 6.54 Å². The Bertz CT molecular complexity index is 753. The van der Waals surface area contributed by atoms with E-state index in [9.17, 15) is 9.18 Å². The summed E-state index contributed by atoms with van der Waals surface area (Å²) >= 11 is 0. The monoisotopic (exact) mass is 287 g/mol. The fourth-order valence-corrected chi connectivity index (χ4v) is 1.70. The minimum Gasteiger partial charge on any atom is -0.308 e. The minimum absolute atomic E-state index is 0.0102. The lowest BCUT2D eigenvalue weighted by Crippen LogP contribution is -2.20. The summed E-state index contributed by atoms with van der Waals surface area (Å²) in [6, 6.07) is 4.45. The van der Waals surface area contributed by atoms with Crippen molar-refractivity contribution in [2.75, 3.05) is 5.32 Å². The van der Waals surface area contributed by atoms with Gasteiger partial charge in [0.25, 0.3) is 0 Å². The van der Waals surface area contributed by atoms with Crippen LogP contribution in [-0.4, -0.2) is 35.7 Å².